The van der Waals surface area contributed by atoms with Crippen LogP contribution in [-0.4, -0.2) is 42.0 Å². The molecule has 1 fully saturated rings. The van der Waals surface area contributed by atoms with E-state index >= 15 is 0 Å². The number of carbonyl (C=O) groups excluding carboxylic acids is 1. The van der Waals surface area contributed by atoms with Crippen molar-refractivity contribution in [2.45, 2.75) is 6.92 Å². The van der Waals surface area contributed by atoms with E-state index in [1.807, 2.05) is 53.1 Å². The van der Waals surface area contributed by atoms with E-state index in [1.54, 1.807) is 18.2 Å². The van der Waals surface area contributed by atoms with Crippen molar-refractivity contribution in [3.8, 4) is 11.5 Å². The number of benzene rings is 2. The average Bonchev–Trinajstić information content (AvgIpc) is 3.25. The number of amides is 1. The van der Waals surface area contributed by atoms with Crippen LogP contribution in [0.3, 0.4) is 0 Å². The smallest absolute Gasteiger partial charge is 0.254 e. The number of halogens is 2. The van der Waals surface area contributed by atoms with Crippen LogP contribution >= 0.6 is 15.9 Å². The second-order valence-electron chi connectivity index (χ2n) is 7.86. The Kier molecular flexibility index (Phi) is 5.43. The number of furan rings is 1. The summed E-state index contributed by atoms with van der Waals surface area (Å²) in [5.74, 6) is 1.12. The zero-order valence-corrected chi connectivity index (χ0v) is 19.1. The van der Waals surface area contributed by atoms with E-state index in [0.29, 0.717) is 48.9 Å². The van der Waals surface area contributed by atoms with Crippen molar-refractivity contribution in [3.63, 3.8) is 0 Å². The molecule has 5 rings (SSSR count). The number of fused-ring (bicyclic) bond motifs is 1. The molecule has 1 aliphatic heterocycles. The second kappa shape index (κ2) is 8.39. The van der Waals surface area contributed by atoms with Gasteiger partial charge in [0.15, 0.2) is 5.76 Å². The number of para-hydroxylation sites is 1. The maximum absolute atomic E-state index is 14.2. The molecule has 0 aliphatic carbocycles. The van der Waals surface area contributed by atoms with Gasteiger partial charge < -0.3 is 14.2 Å². The Labute approximate surface area is 193 Å². The molecule has 0 saturated carbocycles. The normalized spacial score (nSPS) is 14.2. The van der Waals surface area contributed by atoms with E-state index in [1.165, 1.54) is 6.07 Å². The van der Waals surface area contributed by atoms with Crippen LogP contribution in [0, 0.1) is 12.7 Å². The van der Waals surface area contributed by atoms with Gasteiger partial charge in [0.25, 0.3) is 5.91 Å². The zero-order valence-electron chi connectivity index (χ0n) is 17.5. The molecule has 3 heterocycles. The summed E-state index contributed by atoms with van der Waals surface area (Å²) in [5, 5.41) is 0.785. The van der Waals surface area contributed by atoms with Crippen LogP contribution in [-0.2, 0) is 0 Å². The Morgan fingerprint density at radius 1 is 1.03 bits per heavy atom. The number of nitrogens with zero attached hydrogens (tertiary/aromatic N) is 3. The molecule has 4 aromatic rings. The van der Waals surface area contributed by atoms with Gasteiger partial charge in [0, 0.05) is 36.0 Å². The highest BCUT2D eigenvalue weighted by Crippen LogP contribution is 2.29. The van der Waals surface area contributed by atoms with Crippen molar-refractivity contribution in [2.75, 3.05) is 31.1 Å². The number of piperazine rings is 1. The van der Waals surface area contributed by atoms with Gasteiger partial charge in [-0.05, 0) is 55.5 Å². The highest BCUT2D eigenvalue weighted by Gasteiger charge is 2.26. The molecule has 32 heavy (non-hydrogen) atoms. The van der Waals surface area contributed by atoms with Crippen molar-refractivity contribution in [3.05, 3.63) is 82.3 Å². The lowest BCUT2D eigenvalue weighted by Crippen LogP contribution is -2.49. The third kappa shape index (κ3) is 3.88. The summed E-state index contributed by atoms with van der Waals surface area (Å²) in [7, 11) is 0. The molecule has 0 unspecified atom stereocenters. The van der Waals surface area contributed by atoms with E-state index in [9.17, 15) is 9.18 Å². The van der Waals surface area contributed by atoms with Gasteiger partial charge in [0.05, 0.1) is 16.8 Å². The molecule has 0 bridgehead atoms. The van der Waals surface area contributed by atoms with Crippen LogP contribution in [0.5, 0.6) is 0 Å². The number of hydrogen-bond donors (Lipinski definition) is 0. The van der Waals surface area contributed by atoms with Crippen LogP contribution < -0.4 is 4.90 Å². The molecule has 1 saturated heterocycles. The van der Waals surface area contributed by atoms with Crippen LogP contribution in [0.25, 0.3) is 22.4 Å². The highest BCUT2D eigenvalue weighted by molar-refractivity contribution is 9.10. The average molecular weight is 494 g/mol. The fraction of sp³-hybridized carbons (Fsp3) is 0.200. The predicted molar refractivity (Wildman–Crippen MR) is 126 cm³/mol. The predicted octanol–water partition coefficient (Wildman–Crippen LogP) is 5.67. The van der Waals surface area contributed by atoms with Gasteiger partial charge in [0.1, 0.15) is 17.3 Å². The minimum Gasteiger partial charge on any atom is -0.460 e. The summed E-state index contributed by atoms with van der Waals surface area (Å²) in [5.41, 5.74) is 2.52. The second-order valence-corrected chi connectivity index (χ2v) is 8.77. The Balaban J connectivity index is 1.46. The summed E-state index contributed by atoms with van der Waals surface area (Å²) in [6.45, 7) is 4.05. The van der Waals surface area contributed by atoms with Gasteiger partial charge >= 0.3 is 0 Å². The molecule has 0 N–H and O–H groups in total. The minimum absolute atomic E-state index is 0.0618. The number of pyridine rings is 1. The number of anilines is 1. The quantitative estimate of drug-likeness (QED) is 0.369. The van der Waals surface area contributed by atoms with Crippen molar-refractivity contribution in [2.24, 2.45) is 0 Å². The topological polar surface area (TPSA) is 49.6 Å². The first-order valence-corrected chi connectivity index (χ1v) is 11.2. The fourth-order valence-electron chi connectivity index (χ4n) is 4.10. The third-order valence-corrected chi connectivity index (χ3v) is 6.25. The van der Waals surface area contributed by atoms with E-state index in [2.05, 4.69) is 15.9 Å². The molecule has 2 aromatic carbocycles. The van der Waals surface area contributed by atoms with Crippen molar-refractivity contribution < 1.29 is 13.6 Å². The largest absolute Gasteiger partial charge is 0.460 e. The van der Waals surface area contributed by atoms with Gasteiger partial charge in [0.2, 0.25) is 0 Å². The number of rotatable bonds is 3. The monoisotopic (exact) mass is 493 g/mol. The van der Waals surface area contributed by atoms with Gasteiger partial charge in [-0.15, -0.1) is 0 Å². The molecule has 162 valence electrons. The molecule has 1 amide bonds. The van der Waals surface area contributed by atoms with E-state index < -0.39 is 0 Å². The Hall–Kier alpha value is -3.19. The number of carbonyl (C=O) groups is 1. The summed E-state index contributed by atoms with van der Waals surface area (Å²) in [6, 6.07) is 18.0. The minimum atomic E-state index is -0.240. The third-order valence-electron chi connectivity index (χ3n) is 5.75. The summed E-state index contributed by atoms with van der Waals surface area (Å²) in [4.78, 5) is 22.1. The lowest BCUT2D eigenvalue weighted by molar-refractivity contribution is 0.0748. The standard InChI is InChI=1S/C25H21BrFN3O2/c1-16-6-9-24(32-16)22-15-19(18-14-17(26)7-8-21(18)28-22)25(31)30-12-10-29(11-13-30)23-5-3-2-4-20(23)27/h2-9,14-15H,10-13H2,1H3. The van der Waals surface area contributed by atoms with E-state index in [-0.39, 0.29) is 11.7 Å². The molecular weight excluding hydrogens is 473 g/mol. The lowest BCUT2D eigenvalue weighted by Gasteiger charge is -2.36. The number of aromatic nitrogens is 1. The van der Waals surface area contributed by atoms with Gasteiger partial charge in [-0.2, -0.15) is 0 Å². The fourth-order valence-corrected chi connectivity index (χ4v) is 4.46. The van der Waals surface area contributed by atoms with Crippen LogP contribution in [0.4, 0.5) is 10.1 Å². The maximum atomic E-state index is 14.2. The molecule has 7 heteroatoms. The first kappa shape index (κ1) is 20.7. The summed E-state index contributed by atoms with van der Waals surface area (Å²) < 4.78 is 20.8. The van der Waals surface area contributed by atoms with Crippen molar-refractivity contribution >= 4 is 38.4 Å². The number of hydrogen-bond acceptors (Lipinski definition) is 4. The van der Waals surface area contributed by atoms with E-state index in [0.717, 1.165) is 21.1 Å². The Morgan fingerprint density at radius 3 is 2.53 bits per heavy atom. The first-order valence-electron chi connectivity index (χ1n) is 10.5. The Bertz CT molecular complexity index is 1310. The molecule has 5 nitrogen and oxygen atoms in total. The van der Waals surface area contributed by atoms with Crippen LogP contribution in [0.15, 0.2) is 69.6 Å². The van der Waals surface area contributed by atoms with Crippen molar-refractivity contribution in [1.82, 2.24) is 9.88 Å². The van der Waals surface area contributed by atoms with E-state index in [4.69, 9.17) is 9.40 Å². The molecule has 1 aliphatic rings. The molecule has 2 aromatic heterocycles. The highest BCUT2D eigenvalue weighted by atomic mass is 79.9. The lowest BCUT2D eigenvalue weighted by atomic mass is 10.0. The molecule has 0 atom stereocenters. The maximum Gasteiger partial charge on any atom is 0.254 e. The van der Waals surface area contributed by atoms with Gasteiger partial charge in [-0.1, -0.05) is 28.1 Å². The molecule has 0 radical (unpaired) electrons. The SMILES string of the molecule is Cc1ccc(-c2cc(C(=O)N3CCN(c4ccccc4F)CC3)c3cc(Br)ccc3n2)o1. The Morgan fingerprint density at radius 2 is 1.81 bits per heavy atom. The number of aryl methyl sites for hydroxylation is 1. The van der Waals surface area contributed by atoms with Gasteiger partial charge in [-0.25, -0.2) is 9.37 Å². The van der Waals surface area contributed by atoms with Crippen molar-refractivity contribution in [1.29, 1.82) is 0 Å². The summed E-state index contributed by atoms with van der Waals surface area (Å²) in [6.07, 6.45) is 0. The molecular formula is C25H21BrFN3O2. The first-order chi connectivity index (χ1) is 15.5. The van der Waals surface area contributed by atoms with Crippen LogP contribution in [0.1, 0.15) is 16.1 Å². The zero-order chi connectivity index (χ0) is 22.2. The van der Waals surface area contributed by atoms with Crippen LogP contribution in [0.2, 0.25) is 0 Å². The molecule has 0 spiro atoms. The summed E-state index contributed by atoms with van der Waals surface area (Å²) >= 11 is 3.51. The van der Waals surface area contributed by atoms with Gasteiger partial charge in [-0.3, -0.25) is 4.79 Å².